The maximum Gasteiger partial charge on any atom is 0.105 e. The minimum Gasteiger partial charge on any atom is -0.331 e. The van der Waals surface area contributed by atoms with Crippen molar-refractivity contribution in [3.8, 4) is 0 Å². The van der Waals surface area contributed by atoms with Gasteiger partial charge in [-0.3, -0.25) is 0 Å². The highest BCUT2D eigenvalue weighted by molar-refractivity contribution is 5.03. The predicted molar refractivity (Wildman–Crippen MR) is 49.7 cm³/mol. The molecule has 3 nitrogen and oxygen atoms in total. The van der Waals surface area contributed by atoms with Gasteiger partial charge in [0.05, 0.1) is 5.69 Å². The standard InChI is InChI=1S/C9H17N3/c1-7(2)6-12-8(3)11-5-9(12)4-10/h5,7H,4,6,10H2,1-3H3. The largest absolute Gasteiger partial charge is 0.331 e. The van der Waals surface area contributed by atoms with Crippen molar-refractivity contribution in [1.82, 2.24) is 9.55 Å². The molecule has 3 heteroatoms. The van der Waals surface area contributed by atoms with Crippen LogP contribution in [0, 0.1) is 12.8 Å². The lowest BCUT2D eigenvalue weighted by Gasteiger charge is -2.11. The summed E-state index contributed by atoms with van der Waals surface area (Å²) < 4.78 is 2.19. The van der Waals surface area contributed by atoms with E-state index in [0.29, 0.717) is 12.5 Å². The molecule has 0 aromatic carbocycles. The van der Waals surface area contributed by atoms with Crippen molar-refractivity contribution in [2.45, 2.75) is 33.9 Å². The molecule has 0 fully saturated rings. The minimum atomic E-state index is 0.577. The zero-order chi connectivity index (χ0) is 9.14. The molecule has 12 heavy (non-hydrogen) atoms. The molecule has 0 unspecified atom stereocenters. The van der Waals surface area contributed by atoms with Gasteiger partial charge in [0, 0.05) is 19.3 Å². The molecule has 2 N–H and O–H groups in total. The van der Waals surface area contributed by atoms with Gasteiger partial charge < -0.3 is 10.3 Å². The summed E-state index contributed by atoms with van der Waals surface area (Å²) in [6.07, 6.45) is 1.86. The number of nitrogens with zero attached hydrogens (tertiary/aromatic N) is 2. The highest BCUT2D eigenvalue weighted by atomic mass is 15.1. The summed E-state index contributed by atoms with van der Waals surface area (Å²) >= 11 is 0. The molecule has 0 spiro atoms. The molecular weight excluding hydrogens is 150 g/mol. The van der Waals surface area contributed by atoms with Crippen LogP contribution < -0.4 is 5.73 Å². The molecule has 0 bridgehead atoms. The fourth-order valence-corrected chi connectivity index (χ4v) is 1.29. The van der Waals surface area contributed by atoms with E-state index >= 15 is 0 Å². The zero-order valence-corrected chi connectivity index (χ0v) is 8.04. The van der Waals surface area contributed by atoms with Gasteiger partial charge in [0.15, 0.2) is 0 Å². The summed E-state index contributed by atoms with van der Waals surface area (Å²) in [5.74, 6) is 1.70. The summed E-state index contributed by atoms with van der Waals surface area (Å²) in [5, 5.41) is 0. The fourth-order valence-electron chi connectivity index (χ4n) is 1.29. The Morgan fingerprint density at radius 2 is 2.25 bits per heavy atom. The maximum absolute atomic E-state index is 5.58. The van der Waals surface area contributed by atoms with Crippen LogP contribution in [0.25, 0.3) is 0 Å². The number of nitrogens with two attached hydrogens (primary N) is 1. The summed E-state index contributed by atoms with van der Waals surface area (Å²) in [7, 11) is 0. The van der Waals surface area contributed by atoms with Gasteiger partial charge in [0.25, 0.3) is 0 Å². The number of aromatic nitrogens is 2. The molecule has 0 aliphatic heterocycles. The Morgan fingerprint density at radius 3 is 2.75 bits per heavy atom. The second kappa shape index (κ2) is 3.72. The minimum absolute atomic E-state index is 0.577. The van der Waals surface area contributed by atoms with E-state index in [1.54, 1.807) is 0 Å². The van der Waals surface area contributed by atoms with Gasteiger partial charge in [0.1, 0.15) is 5.82 Å². The van der Waals surface area contributed by atoms with Crippen LogP contribution >= 0.6 is 0 Å². The Morgan fingerprint density at radius 1 is 1.58 bits per heavy atom. The number of hydrogen-bond acceptors (Lipinski definition) is 2. The lowest BCUT2D eigenvalue weighted by Crippen LogP contribution is -2.12. The van der Waals surface area contributed by atoms with E-state index in [9.17, 15) is 0 Å². The lowest BCUT2D eigenvalue weighted by molar-refractivity contribution is 0.501. The Labute approximate surface area is 73.6 Å². The van der Waals surface area contributed by atoms with Crippen LogP contribution in [0.4, 0.5) is 0 Å². The highest BCUT2D eigenvalue weighted by Gasteiger charge is 2.05. The molecule has 1 aromatic heterocycles. The fraction of sp³-hybridized carbons (Fsp3) is 0.667. The monoisotopic (exact) mass is 167 g/mol. The Bertz CT molecular complexity index is 250. The molecule has 68 valence electrons. The van der Waals surface area contributed by atoms with Crippen molar-refractivity contribution in [1.29, 1.82) is 0 Å². The number of rotatable bonds is 3. The van der Waals surface area contributed by atoms with Gasteiger partial charge >= 0.3 is 0 Å². The van der Waals surface area contributed by atoms with E-state index in [4.69, 9.17) is 5.73 Å². The quantitative estimate of drug-likeness (QED) is 0.737. The molecule has 0 saturated heterocycles. The van der Waals surface area contributed by atoms with Crippen LogP contribution in [0.2, 0.25) is 0 Å². The van der Waals surface area contributed by atoms with E-state index in [1.807, 2.05) is 13.1 Å². The molecule has 0 aliphatic carbocycles. The Balaban J connectivity index is 2.86. The van der Waals surface area contributed by atoms with Crippen LogP contribution in [-0.4, -0.2) is 9.55 Å². The molecule has 1 rings (SSSR count). The Kier molecular flexibility index (Phi) is 2.87. The average Bonchev–Trinajstić information content (AvgIpc) is 2.32. The molecular formula is C9H17N3. The van der Waals surface area contributed by atoms with Crippen molar-refractivity contribution >= 4 is 0 Å². The second-order valence-corrected chi connectivity index (χ2v) is 3.51. The van der Waals surface area contributed by atoms with Gasteiger partial charge in [0.2, 0.25) is 0 Å². The van der Waals surface area contributed by atoms with Crippen molar-refractivity contribution in [2.75, 3.05) is 0 Å². The smallest absolute Gasteiger partial charge is 0.105 e. The molecule has 0 atom stereocenters. The average molecular weight is 167 g/mol. The molecule has 0 amide bonds. The first kappa shape index (κ1) is 9.26. The maximum atomic E-state index is 5.58. The van der Waals surface area contributed by atoms with E-state index in [-0.39, 0.29) is 0 Å². The molecule has 0 aliphatic rings. The number of hydrogen-bond donors (Lipinski definition) is 1. The number of imidazole rings is 1. The summed E-state index contributed by atoms with van der Waals surface area (Å²) in [6, 6.07) is 0. The van der Waals surface area contributed by atoms with Crippen molar-refractivity contribution in [3.05, 3.63) is 17.7 Å². The van der Waals surface area contributed by atoms with E-state index in [1.165, 1.54) is 0 Å². The normalized spacial score (nSPS) is 11.1. The molecule has 1 aromatic rings. The zero-order valence-electron chi connectivity index (χ0n) is 8.04. The van der Waals surface area contributed by atoms with Gasteiger partial charge in [-0.1, -0.05) is 13.8 Å². The topological polar surface area (TPSA) is 43.8 Å². The third-order valence-corrected chi connectivity index (χ3v) is 1.89. The summed E-state index contributed by atoms with van der Waals surface area (Å²) in [5.41, 5.74) is 6.70. The van der Waals surface area contributed by atoms with Crippen molar-refractivity contribution < 1.29 is 0 Å². The molecule has 1 heterocycles. The van der Waals surface area contributed by atoms with E-state index in [0.717, 1.165) is 18.1 Å². The molecule has 0 radical (unpaired) electrons. The Hall–Kier alpha value is -0.830. The van der Waals surface area contributed by atoms with E-state index < -0.39 is 0 Å². The first-order valence-corrected chi connectivity index (χ1v) is 4.36. The van der Waals surface area contributed by atoms with Crippen LogP contribution in [0.15, 0.2) is 6.20 Å². The first-order valence-electron chi connectivity index (χ1n) is 4.36. The van der Waals surface area contributed by atoms with Gasteiger partial charge in [-0.05, 0) is 12.8 Å². The first-order chi connectivity index (χ1) is 5.65. The highest BCUT2D eigenvalue weighted by Crippen LogP contribution is 2.07. The van der Waals surface area contributed by atoms with Gasteiger partial charge in [-0.15, -0.1) is 0 Å². The van der Waals surface area contributed by atoms with Gasteiger partial charge in [-0.25, -0.2) is 4.98 Å². The predicted octanol–water partition coefficient (Wildman–Crippen LogP) is 1.31. The third-order valence-electron chi connectivity index (χ3n) is 1.89. The molecule has 0 saturated carbocycles. The third kappa shape index (κ3) is 1.85. The number of aryl methyl sites for hydroxylation is 1. The summed E-state index contributed by atoms with van der Waals surface area (Å²) in [4.78, 5) is 4.22. The van der Waals surface area contributed by atoms with Crippen molar-refractivity contribution in [3.63, 3.8) is 0 Å². The second-order valence-electron chi connectivity index (χ2n) is 3.51. The summed E-state index contributed by atoms with van der Waals surface area (Å²) in [6.45, 7) is 7.99. The van der Waals surface area contributed by atoms with Crippen LogP contribution in [0.3, 0.4) is 0 Å². The van der Waals surface area contributed by atoms with E-state index in [2.05, 4.69) is 23.4 Å². The lowest BCUT2D eigenvalue weighted by atomic mass is 10.2. The van der Waals surface area contributed by atoms with Gasteiger partial charge in [-0.2, -0.15) is 0 Å². The SMILES string of the molecule is Cc1ncc(CN)n1CC(C)C. The van der Waals surface area contributed by atoms with Crippen LogP contribution in [-0.2, 0) is 13.1 Å². The van der Waals surface area contributed by atoms with Crippen LogP contribution in [0.1, 0.15) is 25.4 Å². The van der Waals surface area contributed by atoms with Crippen molar-refractivity contribution in [2.24, 2.45) is 11.7 Å². The van der Waals surface area contributed by atoms with Crippen LogP contribution in [0.5, 0.6) is 0 Å².